The van der Waals surface area contributed by atoms with E-state index >= 15 is 0 Å². The van der Waals surface area contributed by atoms with Crippen LogP contribution in [0.25, 0.3) is 10.8 Å². The summed E-state index contributed by atoms with van der Waals surface area (Å²) in [6.45, 7) is 0. The van der Waals surface area contributed by atoms with Crippen molar-refractivity contribution in [1.82, 2.24) is 0 Å². The molecule has 3 aromatic carbocycles. The number of carbonyl (C=O) groups excluding carboxylic acids is 1. The van der Waals surface area contributed by atoms with Gasteiger partial charge in [0.25, 0.3) is 0 Å². The number of halogens is 5. The molecule has 0 fully saturated rings. The Morgan fingerprint density at radius 3 is 1.81 bits per heavy atom. The minimum absolute atomic E-state index is 0.257. The molecular weight excluding hydrogens is 363 g/mol. The van der Waals surface area contributed by atoms with Crippen LogP contribution in [0.3, 0.4) is 0 Å². The van der Waals surface area contributed by atoms with Gasteiger partial charge in [0.05, 0.1) is 5.56 Å². The Kier molecular flexibility index (Phi) is 4.15. The van der Waals surface area contributed by atoms with Crippen molar-refractivity contribution >= 4 is 16.7 Å². The summed E-state index contributed by atoms with van der Waals surface area (Å²) in [4.78, 5) is 12.0. The predicted molar refractivity (Wildman–Crippen MR) is 78.5 cm³/mol. The number of aromatic hydroxyl groups is 2. The Hall–Kier alpha value is -3.36. The van der Waals surface area contributed by atoms with Crippen LogP contribution in [0.15, 0.2) is 30.3 Å². The van der Waals surface area contributed by atoms with E-state index in [1.54, 1.807) is 0 Å². The summed E-state index contributed by atoms with van der Waals surface area (Å²) < 4.78 is 70.7. The van der Waals surface area contributed by atoms with E-state index < -0.39 is 52.3 Å². The molecule has 26 heavy (non-hydrogen) atoms. The lowest BCUT2D eigenvalue weighted by Crippen LogP contribution is -2.13. The van der Waals surface area contributed by atoms with Crippen molar-refractivity contribution in [3.63, 3.8) is 0 Å². The molecule has 0 aliphatic heterocycles. The van der Waals surface area contributed by atoms with Crippen LogP contribution < -0.4 is 4.74 Å². The Morgan fingerprint density at radius 1 is 0.731 bits per heavy atom. The number of hydrogen-bond donors (Lipinski definition) is 2. The van der Waals surface area contributed by atoms with Gasteiger partial charge in [0.1, 0.15) is 0 Å². The Balaban J connectivity index is 2.01. The average molecular weight is 370 g/mol. The first kappa shape index (κ1) is 17.5. The van der Waals surface area contributed by atoms with Crippen molar-refractivity contribution in [3.05, 3.63) is 65.0 Å². The van der Waals surface area contributed by atoms with Crippen LogP contribution in [0.4, 0.5) is 22.0 Å². The van der Waals surface area contributed by atoms with Gasteiger partial charge < -0.3 is 14.9 Å². The molecule has 0 bridgehead atoms. The largest absolute Gasteiger partial charge is 0.504 e. The minimum Gasteiger partial charge on any atom is -0.504 e. The number of benzene rings is 3. The van der Waals surface area contributed by atoms with Crippen molar-refractivity contribution in [2.24, 2.45) is 0 Å². The summed E-state index contributed by atoms with van der Waals surface area (Å²) in [6.07, 6.45) is 0. The fourth-order valence-electron chi connectivity index (χ4n) is 2.23. The van der Waals surface area contributed by atoms with E-state index in [1.165, 1.54) is 12.1 Å². The Morgan fingerprint density at radius 2 is 1.23 bits per heavy atom. The van der Waals surface area contributed by atoms with Gasteiger partial charge in [-0.15, -0.1) is 0 Å². The number of phenolic OH excluding ortho intramolecular Hbond substituents is 2. The molecule has 0 amide bonds. The van der Waals surface area contributed by atoms with Gasteiger partial charge in [-0.3, -0.25) is 0 Å². The van der Waals surface area contributed by atoms with Crippen LogP contribution in [0.5, 0.6) is 17.2 Å². The highest BCUT2D eigenvalue weighted by atomic mass is 19.2. The molecule has 9 heteroatoms. The van der Waals surface area contributed by atoms with Crippen LogP contribution in [0.2, 0.25) is 0 Å². The van der Waals surface area contributed by atoms with E-state index in [-0.39, 0.29) is 10.9 Å². The second kappa shape index (κ2) is 6.17. The molecule has 0 heterocycles. The molecule has 0 unspecified atom stereocenters. The van der Waals surface area contributed by atoms with E-state index in [0.29, 0.717) is 5.39 Å². The Labute approximate surface area is 141 Å². The molecule has 0 aliphatic carbocycles. The number of hydrogen-bond acceptors (Lipinski definition) is 4. The zero-order valence-corrected chi connectivity index (χ0v) is 12.5. The summed E-state index contributed by atoms with van der Waals surface area (Å²) in [5, 5.41) is 19.5. The summed E-state index contributed by atoms with van der Waals surface area (Å²) in [6, 6.07) is 5.92. The molecule has 134 valence electrons. The number of fused-ring (bicyclic) bond motifs is 1. The molecule has 0 atom stereocenters. The lowest BCUT2D eigenvalue weighted by Gasteiger charge is -2.09. The Bertz CT molecular complexity index is 1040. The normalized spacial score (nSPS) is 11.0. The van der Waals surface area contributed by atoms with Gasteiger partial charge in [-0.2, -0.15) is 8.78 Å². The molecule has 3 rings (SSSR count). The van der Waals surface area contributed by atoms with Gasteiger partial charge in [0.15, 0.2) is 11.5 Å². The fourth-order valence-corrected chi connectivity index (χ4v) is 2.23. The summed E-state index contributed by atoms with van der Waals surface area (Å²) in [5.41, 5.74) is -0.286. The third-order valence-electron chi connectivity index (χ3n) is 3.53. The topological polar surface area (TPSA) is 66.8 Å². The molecule has 3 aromatic rings. The zero-order chi connectivity index (χ0) is 19.2. The lowest BCUT2D eigenvalue weighted by atomic mass is 10.1. The standard InChI is InChI=1S/C17H7F5O4/c18-11-12(19)14(21)16(15(22)13(11)20)26-17(25)7-2-1-6-4-9(23)10(24)5-8(6)3-7/h1-5,23-24H. The first-order chi connectivity index (χ1) is 12.2. The molecule has 4 nitrogen and oxygen atoms in total. The number of esters is 1. The van der Waals surface area contributed by atoms with Crippen LogP contribution >= 0.6 is 0 Å². The number of carbonyl (C=O) groups is 1. The van der Waals surface area contributed by atoms with Gasteiger partial charge >= 0.3 is 5.97 Å². The highest BCUT2D eigenvalue weighted by Crippen LogP contribution is 2.32. The van der Waals surface area contributed by atoms with Crippen LogP contribution in [-0.4, -0.2) is 16.2 Å². The number of rotatable bonds is 2. The summed E-state index contributed by atoms with van der Waals surface area (Å²) >= 11 is 0. The molecular formula is C17H7F5O4. The molecule has 0 radical (unpaired) electrons. The molecule has 0 spiro atoms. The third kappa shape index (κ3) is 2.77. The lowest BCUT2D eigenvalue weighted by molar-refractivity contribution is 0.0716. The first-order valence-corrected chi connectivity index (χ1v) is 6.90. The molecule has 0 saturated carbocycles. The van der Waals surface area contributed by atoms with Gasteiger partial charge in [-0.1, -0.05) is 6.07 Å². The van der Waals surface area contributed by atoms with E-state index in [2.05, 4.69) is 4.74 Å². The van der Waals surface area contributed by atoms with E-state index in [9.17, 15) is 37.0 Å². The maximum atomic E-state index is 13.6. The van der Waals surface area contributed by atoms with Gasteiger partial charge in [0, 0.05) is 0 Å². The molecule has 0 aromatic heterocycles. The monoisotopic (exact) mass is 370 g/mol. The van der Waals surface area contributed by atoms with Crippen molar-refractivity contribution in [1.29, 1.82) is 0 Å². The van der Waals surface area contributed by atoms with Crippen LogP contribution in [0.1, 0.15) is 10.4 Å². The highest BCUT2D eigenvalue weighted by Gasteiger charge is 2.28. The predicted octanol–water partition coefficient (Wildman–Crippen LogP) is 4.17. The maximum Gasteiger partial charge on any atom is 0.343 e. The highest BCUT2D eigenvalue weighted by molar-refractivity contribution is 5.97. The summed E-state index contributed by atoms with van der Waals surface area (Å²) in [5.74, 6) is -15.4. The van der Waals surface area contributed by atoms with Crippen molar-refractivity contribution in [2.45, 2.75) is 0 Å². The van der Waals surface area contributed by atoms with E-state index in [1.807, 2.05) is 0 Å². The molecule has 0 aliphatic rings. The second-order valence-corrected chi connectivity index (χ2v) is 5.19. The number of ether oxygens (including phenoxy) is 1. The summed E-state index contributed by atoms with van der Waals surface area (Å²) in [7, 11) is 0. The van der Waals surface area contributed by atoms with E-state index in [0.717, 1.165) is 18.2 Å². The first-order valence-electron chi connectivity index (χ1n) is 6.90. The van der Waals surface area contributed by atoms with Crippen molar-refractivity contribution in [3.8, 4) is 17.2 Å². The van der Waals surface area contributed by atoms with Crippen molar-refractivity contribution < 1.29 is 41.7 Å². The quantitative estimate of drug-likeness (QED) is 0.178. The van der Waals surface area contributed by atoms with Crippen LogP contribution in [-0.2, 0) is 0 Å². The van der Waals surface area contributed by atoms with Gasteiger partial charge in [0.2, 0.25) is 34.8 Å². The number of phenols is 2. The molecule has 2 N–H and O–H groups in total. The van der Waals surface area contributed by atoms with Crippen molar-refractivity contribution in [2.75, 3.05) is 0 Å². The van der Waals surface area contributed by atoms with Crippen LogP contribution in [0, 0.1) is 29.1 Å². The molecule has 0 saturated heterocycles. The van der Waals surface area contributed by atoms with Gasteiger partial charge in [-0.05, 0) is 35.0 Å². The maximum absolute atomic E-state index is 13.6. The fraction of sp³-hybridized carbons (Fsp3) is 0. The minimum atomic E-state index is -2.37. The smallest absolute Gasteiger partial charge is 0.343 e. The zero-order valence-electron chi connectivity index (χ0n) is 12.5. The average Bonchev–Trinajstić information content (AvgIpc) is 2.62. The SMILES string of the molecule is O=C(Oc1c(F)c(F)c(F)c(F)c1F)c1ccc2cc(O)c(O)cc2c1. The van der Waals surface area contributed by atoms with E-state index in [4.69, 9.17) is 0 Å². The van der Waals surface area contributed by atoms with Gasteiger partial charge in [-0.25, -0.2) is 18.0 Å². The second-order valence-electron chi connectivity index (χ2n) is 5.19. The third-order valence-corrected chi connectivity index (χ3v) is 3.53.